The van der Waals surface area contributed by atoms with E-state index in [-0.39, 0.29) is 12.5 Å². The Balaban J connectivity index is 1.81. The Morgan fingerprint density at radius 3 is 2.77 bits per heavy atom. The van der Waals surface area contributed by atoms with Gasteiger partial charge < -0.3 is 9.32 Å². The molecule has 26 heavy (non-hydrogen) atoms. The molecule has 0 aliphatic heterocycles. The lowest BCUT2D eigenvalue weighted by atomic mass is 10.2. The molecule has 0 N–H and O–H groups in total. The lowest BCUT2D eigenvalue weighted by Gasteiger charge is -2.19. The lowest BCUT2D eigenvalue weighted by Crippen LogP contribution is -2.31. The second-order valence-electron chi connectivity index (χ2n) is 5.61. The summed E-state index contributed by atoms with van der Waals surface area (Å²) in [6.45, 7) is 4.76. The van der Waals surface area contributed by atoms with Gasteiger partial charge in [0.05, 0.1) is 22.8 Å². The van der Waals surface area contributed by atoms with E-state index < -0.39 is 0 Å². The van der Waals surface area contributed by atoms with Crippen molar-refractivity contribution in [3.63, 3.8) is 0 Å². The summed E-state index contributed by atoms with van der Waals surface area (Å²) in [6.07, 6.45) is 1.47. The van der Waals surface area contributed by atoms with Crippen molar-refractivity contribution in [2.24, 2.45) is 0 Å². The minimum absolute atomic E-state index is 0.115. The van der Waals surface area contributed by atoms with E-state index in [1.54, 1.807) is 11.0 Å². The summed E-state index contributed by atoms with van der Waals surface area (Å²) in [6, 6.07) is 7.25. The molecule has 2 heterocycles. The summed E-state index contributed by atoms with van der Waals surface area (Å²) < 4.78 is 9.62. The van der Waals surface area contributed by atoms with Crippen LogP contribution in [0.3, 0.4) is 0 Å². The summed E-state index contributed by atoms with van der Waals surface area (Å²) in [4.78, 5) is 15.1. The second kappa shape index (κ2) is 8.37. The summed E-state index contributed by atoms with van der Waals surface area (Å²) in [5.74, 6) is 0.580. The van der Waals surface area contributed by atoms with Crippen LogP contribution in [0.5, 0.6) is 0 Å². The third-order valence-electron chi connectivity index (χ3n) is 3.76. The third-order valence-corrected chi connectivity index (χ3v) is 4.85. The van der Waals surface area contributed by atoms with Crippen molar-refractivity contribution >= 4 is 29.0 Å². The Hall–Kier alpha value is -2.32. The van der Waals surface area contributed by atoms with Crippen LogP contribution in [0, 0.1) is 0 Å². The molecule has 0 atom stereocenters. The minimum Gasteiger partial charge on any atom is -0.419 e. The molecule has 136 valence electrons. The van der Waals surface area contributed by atoms with Gasteiger partial charge in [-0.2, -0.15) is 0 Å². The van der Waals surface area contributed by atoms with Gasteiger partial charge in [-0.15, -0.1) is 15.3 Å². The van der Waals surface area contributed by atoms with E-state index in [2.05, 4.69) is 19.8 Å². The summed E-state index contributed by atoms with van der Waals surface area (Å²) in [5.41, 5.74) is 1.38. The van der Waals surface area contributed by atoms with Gasteiger partial charge in [0, 0.05) is 6.54 Å². The number of carbonyl (C=O) groups is 1. The molecule has 0 bridgehead atoms. The Morgan fingerprint density at radius 1 is 1.23 bits per heavy atom. The fraction of sp³-hybridized carbons (Fsp3) is 0.353. The monoisotopic (exact) mass is 391 g/mol. The van der Waals surface area contributed by atoms with E-state index in [1.807, 2.05) is 32.0 Å². The van der Waals surface area contributed by atoms with Gasteiger partial charge in [0.2, 0.25) is 11.8 Å². The molecule has 0 radical (unpaired) electrons. The first-order valence-electron chi connectivity index (χ1n) is 8.31. The number of benzene rings is 1. The van der Waals surface area contributed by atoms with Crippen LogP contribution in [0.1, 0.15) is 41.5 Å². The standard InChI is InChI=1S/C17H18ClN5O2S/c1-3-9-23(17(24)15-13(4-2)19-22-26-15)10-14-20-21-16(25-14)11-7-5-6-8-12(11)18/h5-8H,3-4,9-10H2,1-2H3. The average molecular weight is 392 g/mol. The Labute approximate surface area is 160 Å². The molecule has 0 fully saturated rings. The van der Waals surface area contributed by atoms with Crippen molar-refractivity contribution in [3.05, 3.63) is 45.7 Å². The van der Waals surface area contributed by atoms with E-state index >= 15 is 0 Å². The number of nitrogens with zero attached hydrogens (tertiary/aromatic N) is 5. The first-order chi connectivity index (χ1) is 12.6. The molecule has 9 heteroatoms. The normalized spacial score (nSPS) is 10.9. The van der Waals surface area contributed by atoms with Crippen LogP contribution in [-0.4, -0.2) is 37.1 Å². The third kappa shape index (κ3) is 3.91. The zero-order valence-electron chi connectivity index (χ0n) is 14.5. The van der Waals surface area contributed by atoms with Crippen LogP contribution in [0.25, 0.3) is 11.5 Å². The van der Waals surface area contributed by atoms with Crippen LogP contribution < -0.4 is 0 Å². The molecule has 1 amide bonds. The van der Waals surface area contributed by atoms with Crippen molar-refractivity contribution in [1.29, 1.82) is 0 Å². The van der Waals surface area contributed by atoms with Crippen LogP contribution in [-0.2, 0) is 13.0 Å². The summed E-state index contributed by atoms with van der Waals surface area (Å²) >= 11 is 7.28. The van der Waals surface area contributed by atoms with Crippen molar-refractivity contribution < 1.29 is 9.21 Å². The average Bonchev–Trinajstić information content (AvgIpc) is 3.30. The maximum absolute atomic E-state index is 12.9. The molecule has 0 unspecified atom stereocenters. The maximum atomic E-state index is 12.9. The highest BCUT2D eigenvalue weighted by Crippen LogP contribution is 2.26. The smallest absolute Gasteiger partial charge is 0.267 e. The molecule has 0 spiro atoms. The Morgan fingerprint density at radius 2 is 2.04 bits per heavy atom. The fourth-order valence-electron chi connectivity index (χ4n) is 2.49. The number of aromatic nitrogens is 4. The van der Waals surface area contributed by atoms with E-state index in [0.29, 0.717) is 45.9 Å². The van der Waals surface area contributed by atoms with Crippen LogP contribution >= 0.6 is 23.1 Å². The number of aryl methyl sites for hydroxylation is 1. The largest absolute Gasteiger partial charge is 0.419 e. The zero-order chi connectivity index (χ0) is 18.5. The number of carbonyl (C=O) groups excluding carboxylic acids is 1. The van der Waals surface area contributed by atoms with Gasteiger partial charge in [0.1, 0.15) is 4.88 Å². The molecule has 3 rings (SSSR count). The topological polar surface area (TPSA) is 85.0 Å². The Kier molecular flexibility index (Phi) is 5.95. The highest BCUT2D eigenvalue weighted by Gasteiger charge is 2.23. The van der Waals surface area contributed by atoms with Gasteiger partial charge in [0.15, 0.2) is 0 Å². The molecule has 0 saturated heterocycles. The Bertz CT molecular complexity index is 895. The molecule has 0 aliphatic carbocycles. The molecule has 1 aromatic carbocycles. The molecular weight excluding hydrogens is 374 g/mol. The molecular formula is C17H18ClN5O2S. The van der Waals surface area contributed by atoms with Crippen LogP contribution in [0.2, 0.25) is 5.02 Å². The van der Waals surface area contributed by atoms with Crippen molar-refractivity contribution in [2.45, 2.75) is 33.2 Å². The number of amides is 1. The SMILES string of the molecule is CCCN(Cc1nnc(-c2ccccc2Cl)o1)C(=O)c1snnc1CC. The number of hydrogen-bond acceptors (Lipinski definition) is 7. The lowest BCUT2D eigenvalue weighted by molar-refractivity contribution is 0.0732. The molecule has 0 saturated carbocycles. The molecule has 7 nitrogen and oxygen atoms in total. The van der Waals surface area contributed by atoms with E-state index in [1.165, 1.54) is 0 Å². The van der Waals surface area contributed by atoms with Gasteiger partial charge in [-0.25, -0.2) is 0 Å². The van der Waals surface area contributed by atoms with Crippen molar-refractivity contribution in [2.75, 3.05) is 6.54 Å². The number of halogens is 1. The highest BCUT2D eigenvalue weighted by molar-refractivity contribution is 7.08. The second-order valence-corrected chi connectivity index (χ2v) is 6.77. The van der Waals surface area contributed by atoms with Gasteiger partial charge in [-0.3, -0.25) is 4.79 Å². The number of rotatable bonds is 7. The molecule has 3 aromatic rings. The van der Waals surface area contributed by atoms with E-state index in [0.717, 1.165) is 18.0 Å². The van der Waals surface area contributed by atoms with Crippen molar-refractivity contribution in [3.8, 4) is 11.5 Å². The van der Waals surface area contributed by atoms with Gasteiger partial charge >= 0.3 is 0 Å². The van der Waals surface area contributed by atoms with Crippen molar-refractivity contribution in [1.82, 2.24) is 24.7 Å². The summed E-state index contributed by atoms with van der Waals surface area (Å²) in [5, 5.41) is 12.7. The minimum atomic E-state index is -0.115. The highest BCUT2D eigenvalue weighted by atomic mass is 35.5. The predicted molar refractivity (Wildman–Crippen MR) is 99.1 cm³/mol. The molecule has 0 aliphatic rings. The maximum Gasteiger partial charge on any atom is 0.267 e. The van der Waals surface area contributed by atoms with Gasteiger partial charge in [-0.1, -0.05) is 42.1 Å². The van der Waals surface area contributed by atoms with E-state index in [9.17, 15) is 4.79 Å². The fourth-order valence-corrected chi connectivity index (χ4v) is 3.43. The van der Waals surface area contributed by atoms with Gasteiger partial charge in [0.25, 0.3) is 5.91 Å². The molecule has 2 aromatic heterocycles. The van der Waals surface area contributed by atoms with Gasteiger partial charge in [-0.05, 0) is 36.5 Å². The van der Waals surface area contributed by atoms with Crippen LogP contribution in [0.15, 0.2) is 28.7 Å². The quantitative estimate of drug-likeness (QED) is 0.608. The van der Waals surface area contributed by atoms with E-state index in [4.69, 9.17) is 16.0 Å². The van der Waals surface area contributed by atoms with Crippen LogP contribution in [0.4, 0.5) is 0 Å². The summed E-state index contributed by atoms with van der Waals surface area (Å²) in [7, 11) is 0. The zero-order valence-corrected chi connectivity index (χ0v) is 16.0. The first-order valence-corrected chi connectivity index (χ1v) is 9.46. The predicted octanol–water partition coefficient (Wildman–Crippen LogP) is 3.86. The number of hydrogen-bond donors (Lipinski definition) is 0. The first kappa shape index (κ1) is 18.5.